The lowest BCUT2D eigenvalue weighted by molar-refractivity contribution is 0.0945. The van der Waals surface area contributed by atoms with Gasteiger partial charge in [0.05, 0.1) is 12.1 Å². The lowest BCUT2D eigenvalue weighted by atomic mass is 10.2. The van der Waals surface area contributed by atoms with E-state index in [-0.39, 0.29) is 19.2 Å². The second-order valence-electron chi connectivity index (χ2n) is 5.24. The number of ether oxygens (including phenoxy) is 2. The number of hydrogen-bond donors (Lipinski definition) is 1. The average Bonchev–Trinajstić information content (AvgIpc) is 3.28. The summed E-state index contributed by atoms with van der Waals surface area (Å²) in [5.74, 6) is 1.84. The van der Waals surface area contributed by atoms with Crippen molar-refractivity contribution in [2.24, 2.45) is 0 Å². The Morgan fingerprint density at radius 1 is 1.16 bits per heavy atom. The van der Waals surface area contributed by atoms with Crippen LogP contribution in [0.25, 0.3) is 11.4 Å². The first-order valence-electron chi connectivity index (χ1n) is 7.46. The van der Waals surface area contributed by atoms with Gasteiger partial charge < -0.3 is 19.3 Å². The Labute approximate surface area is 151 Å². The summed E-state index contributed by atoms with van der Waals surface area (Å²) in [7, 11) is 0. The highest BCUT2D eigenvalue weighted by molar-refractivity contribution is 9.10. The lowest BCUT2D eigenvalue weighted by Crippen LogP contribution is -2.23. The largest absolute Gasteiger partial charge is 0.454 e. The summed E-state index contributed by atoms with van der Waals surface area (Å²) >= 11 is 3.35. The zero-order chi connectivity index (χ0) is 17.2. The number of benzene rings is 2. The molecule has 0 atom stereocenters. The van der Waals surface area contributed by atoms with E-state index in [4.69, 9.17) is 14.0 Å². The van der Waals surface area contributed by atoms with Gasteiger partial charge in [0.1, 0.15) is 0 Å². The van der Waals surface area contributed by atoms with Crippen LogP contribution in [0.15, 0.2) is 51.5 Å². The molecule has 0 radical (unpaired) electrons. The molecule has 4 rings (SSSR count). The molecule has 1 aromatic heterocycles. The van der Waals surface area contributed by atoms with Gasteiger partial charge in [-0.15, -0.1) is 0 Å². The van der Waals surface area contributed by atoms with E-state index in [1.165, 1.54) is 0 Å². The van der Waals surface area contributed by atoms with Gasteiger partial charge >= 0.3 is 0 Å². The van der Waals surface area contributed by atoms with Crippen molar-refractivity contribution in [2.75, 3.05) is 6.79 Å². The van der Waals surface area contributed by atoms with Gasteiger partial charge in [-0.1, -0.05) is 17.3 Å². The molecule has 1 amide bonds. The molecule has 0 saturated heterocycles. The van der Waals surface area contributed by atoms with Crippen molar-refractivity contribution in [3.63, 3.8) is 0 Å². The minimum Gasteiger partial charge on any atom is -0.454 e. The molecule has 1 aliphatic rings. The first kappa shape index (κ1) is 15.6. The fourth-order valence-corrected chi connectivity index (χ4v) is 2.84. The lowest BCUT2D eigenvalue weighted by Gasteiger charge is -2.04. The number of aromatic nitrogens is 2. The summed E-state index contributed by atoms with van der Waals surface area (Å²) in [6.45, 7) is 0.342. The Hall–Kier alpha value is -2.87. The zero-order valence-corrected chi connectivity index (χ0v) is 14.4. The molecular weight excluding hydrogens is 390 g/mol. The Morgan fingerprint density at radius 3 is 2.88 bits per heavy atom. The van der Waals surface area contributed by atoms with Crippen molar-refractivity contribution < 1.29 is 18.8 Å². The summed E-state index contributed by atoms with van der Waals surface area (Å²) in [6, 6.07) is 12.6. The molecule has 0 aliphatic carbocycles. The highest BCUT2D eigenvalue weighted by Gasteiger charge is 2.17. The van der Waals surface area contributed by atoms with Gasteiger partial charge in [0.2, 0.25) is 18.5 Å². The van der Waals surface area contributed by atoms with Gasteiger partial charge in [0.25, 0.3) is 5.91 Å². The smallest absolute Gasteiger partial charge is 0.252 e. The van der Waals surface area contributed by atoms with Gasteiger partial charge in [-0.2, -0.15) is 4.98 Å². The van der Waals surface area contributed by atoms with Crippen molar-refractivity contribution in [2.45, 2.75) is 6.54 Å². The van der Waals surface area contributed by atoms with Crippen molar-refractivity contribution >= 4 is 21.8 Å². The topological polar surface area (TPSA) is 86.5 Å². The maximum absolute atomic E-state index is 12.2. The highest BCUT2D eigenvalue weighted by atomic mass is 79.9. The van der Waals surface area contributed by atoms with Crippen LogP contribution in [0.5, 0.6) is 11.5 Å². The Balaban J connectivity index is 1.45. The third-order valence-corrected chi connectivity index (χ3v) is 4.31. The van der Waals surface area contributed by atoms with E-state index in [0.717, 1.165) is 10.0 Å². The van der Waals surface area contributed by atoms with E-state index in [1.54, 1.807) is 30.3 Å². The quantitative estimate of drug-likeness (QED) is 0.722. The zero-order valence-electron chi connectivity index (χ0n) is 12.9. The van der Waals surface area contributed by atoms with Crippen molar-refractivity contribution in [3.05, 3.63) is 58.4 Å². The predicted octanol–water partition coefficient (Wildman–Crippen LogP) is 3.16. The summed E-state index contributed by atoms with van der Waals surface area (Å²) in [4.78, 5) is 16.5. The number of nitrogens with one attached hydrogen (secondary N) is 1. The number of carbonyl (C=O) groups excluding carboxylic acids is 1. The number of carbonyl (C=O) groups is 1. The van der Waals surface area contributed by atoms with Crippen molar-refractivity contribution in [3.8, 4) is 22.9 Å². The molecule has 7 nitrogen and oxygen atoms in total. The second kappa shape index (κ2) is 6.56. The maximum Gasteiger partial charge on any atom is 0.252 e. The third-order valence-electron chi connectivity index (χ3n) is 3.62. The molecule has 8 heteroatoms. The summed E-state index contributed by atoms with van der Waals surface area (Å²) in [6.07, 6.45) is 0. The van der Waals surface area contributed by atoms with Gasteiger partial charge in [-0.05, 0) is 46.3 Å². The highest BCUT2D eigenvalue weighted by Crippen LogP contribution is 2.35. The molecule has 0 bridgehead atoms. The van der Waals surface area contributed by atoms with E-state index in [9.17, 15) is 4.79 Å². The van der Waals surface area contributed by atoms with Crippen molar-refractivity contribution in [1.82, 2.24) is 15.5 Å². The van der Waals surface area contributed by atoms with E-state index in [1.807, 2.05) is 12.1 Å². The number of fused-ring (bicyclic) bond motifs is 1. The van der Waals surface area contributed by atoms with Crippen LogP contribution < -0.4 is 14.8 Å². The molecule has 1 N–H and O–H groups in total. The molecule has 0 spiro atoms. The number of amides is 1. The van der Waals surface area contributed by atoms with E-state index in [0.29, 0.717) is 28.8 Å². The Bertz CT molecular complexity index is 941. The molecule has 2 heterocycles. The van der Waals surface area contributed by atoms with Crippen LogP contribution in [0.3, 0.4) is 0 Å². The first-order valence-corrected chi connectivity index (χ1v) is 8.25. The van der Waals surface area contributed by atoms with Crippen LogP contribution in [-0.4, -0.2) is 22.8 Å². The van der Waals surface area contributed by atoms with Crippen LogP contribution in [0.2, 0.25) is 0 Å². The second-order valence-corrected chi connectivity index (χ2v) is 6.10. The molecule has 2 aromatic carbocycles. The maximum atomic E-state index is 12.2. The SMILES string of the molecule is O=C(NCc1nc(-c2ccc3c(c2)OCO3)no1)c1ccccc1Br. The van der Waals surface area contributed by atoms with Crippen LogP contribution in [0.1, 0.15) is 16.2 Å². The van der Waals surface area contributed by atoms with Gasteiger partial charge in [-0.25, -0.2) is 0 Å². The van der Waals surface area contributed by atoms with Gasteiger partial charge in [0, 0.05) is 10.0 Å². The molecule has 25 heavy (non-hydrogen) atoms. The Kier molecular flexibility index (Phi) is 4.10. The molecule has 3 aromatic rings. The normalized spacial score (nSPS) is 12.2. The van der Waals surface area contributed by atoms with E-state index >= 15 is 0 Å². The van der Waals surface area contributed by atoms with Crippen LogP contribution in [0, 0.1) is 0 Å². The molecule has 1 aliphatic heterocycles. The number of halogens is 1. The molecule has 0 unspecified atom stereocenters. The minimum atomic E-state index is -0.227. The molecular formula is C17H12BrN3O4. The van der Waals surface area contributed by atoms with Gasteiger partial charge in [0.15, 0.2) is 11.5 Å². The van der Waals surface area contributed by atoms with E-state index in [2.05, 4.69) is 31.4 Å². The fourth-order valence-electron chi connectivity index (χ4n) is 2.38. The number of nitrogens with zero attached hydrogens (tertiary/aromatic N) is 2. The van der Waals surface area contributed by atoms with Crippen LogP contribution in [0.4, 0.5) is 0 Å². The van der Waals surface area contributed by atoms with Crippen LogP contribution in [-0.2, 0) is 6.54 Å². The summed E-state index contributed by atoms with van der Waals surface area (Å²) < 4.78 is 16.5. The standard InChI is InChI=1S/C17H12BrN3O4/c18-12-4-2-1-3-11(12)17(22)19-8-15-20-16(21-25-15)10-5-6-13-14(7-10)24-9-23-13/h1-7H,8-9H2,(H,19,22). The number of hydrogen-bond acceptors (Lipinski definition) is 6. The minimum absolute atomic E-state index is 0.137. The third kappa shape index (κ3) is 3.20. The molecule has 0 saturated carbocycles. The first-order chi connectivity index (χ1) is 12.2. The Morgan fingerprint density at radius 2 is 2.00 bits per heavy atom. The average molecular weight is 402 g/mol. The summed E-state index contributed by atoms with van der Waals surface area (Å²) in [5, 5.41) is 6.69. The van der Waals surface area contributed by atoms with Crippen molar-refractivity contribution in [1.29, 1.82) is 0 Å². The molecule has 126 valence electrons. The van der Waals surface area contributed by atoms with Crippen LogP contribution >= 0.6 is 15.9 Å². The van der Waals surface area contributed by atoms with E-state index < -0.39 is 0 Å². The summed E-state index contributed by atoms with van der Waals surface area (Å²) in [5.41, 5.74) is 1.29. The predicted molar refractivity (Wildman–Crippen MR) is 91.2 cm³/mol. The monoisotopic (exact) mass is 401 g/mol. The fraction of sp³-hybridized carbons (Fsp3) is 0.118. The van der Waals surface area contributed by atoms with Gasteiger partial charge in [-0.3, -0.25) is 4.79 Å². The number of rotatable bonds is 4. The molecule has 0 fully saturated rings.